The van der Waals surface area contributed by atoms with Gasteiger partial charge in [0.2, 0.25) is 0 Å². The third-order valence-electron chi connectivity index (χ3n) is 5.57. The minimum absolute atomic E-state index is 0.164. The number of esters is 1. The predicted molar refractivity (Wildman–Crippen MR) is 147 cm³/mol. The topological polar surface area (TPSA) is 95.5 Å². The number of hydrazone groups is 1. The predicted octanol–water partition coefficient (Wildman–Crippen LogP) is 5.75. The fourth-order valence-electron chi connectivity index (χ4n) is 3.34. The number of carbonyl (C=O) groups is 2. The lowest BCUT2D eigenvalue weighted by Crippen LogP contribution is -2.24. The maximum absolute atomic E-state index is 12.6. The number of benzene rings is 3. The SMILES string of the molecule is CCCCOc1ccc(C(=O)Oc2ccc(/C=N\NC(=O)COc3ccc(C(C)C)cc3)cc2OC)cc1. The maximum Gasteiger partial charge on any atom is 0.343 e. The third-order valence-corrected chi connectivity index (χ3v) is 5.57. The quantitative estimate of drug-likeness (QED) is 0.102. The first kappa shape index (κ1) is 28.2. The Hall–Kier alpha value is -4.33. The number of hydrogen-bond acceptors (Lipinski definition) is 7. The number of ether oxygens (including phenoxy) is 4. The average Bonchev–Trinajstić information content (AvgIpc) is 2.93. The smallest absolute Gasteiger partial charge is 0.343 e. The van der Waals surface area contributed by atoms with E-state index >= 15 is 0 Å². The molecule has 8 nitrogen and oxygen atoms in total. The molecule has 38 heavy (non-hydrogen) atoms. The second-order valence-corrected chi connectivity index (χ2v) is 8.83. The van der Waals surface area contributed by atoms with Crippen molar-refractivity contribution in [2.75, 3.05) is 20.3 Å². The van der Waals surface area contributed by atoms with Crippen molar-refractivity contribution >= 4 is 18.1 Å². The van der Waals surface area contributed by atoms with Crippen molar-refractivity contribution in [3.63, 3.8) is 0 Å². The minimum atomic E-state index is -0.518. The molecule has 0 aliphatic carbocycles. The molecule has 0 radical (unpaired) electrons. The van der Waals surface area contributed by atoms with Gasteiger partial charge in [0, 0.05) is 0 Å². The van der Waals surface area contributed by atoms with Gasteiger partial charge in [-0.15, -0.1) is 0 Å². The summed E-state index contributed by atoms with van der Waals surface area (Å²) in [4.78, 5) is 24.7. The van der Waals surface area contributed by atoms with Gasteiger partial charge in [-0.05, 0) is 78.1 Å². The molecule has 3 aromatic carbocycles. The van der Waals surface area contributed by atoms with Crippen molar-refractivity contribution in [2.24, 2.45) is 5.10 Å². The molecule has 0 unspecified atom stereocenters. The first-order valence-electron chi connectivity index (χ1n) is 12.6. The Labute approximate surface area is 223 Å². The molecule has 0 bridgehead atoms. The number of unbranched alkanes of at least 4 members (excludes halogenated alkanes) is 1. The number of nitrogens with one attached hydrogen (secondary N) is 1. The lowest BCUT2D eigenvalue weighted by molar-refractivity contribution is -0.123. The van der Waals surface area contributed by atoms with Gasteiger partial charge >= 0.3 is 5.97 Å². The van der Waals surface area contributed by atoms with Gasteiger partial charge in [0.05, 0.1) is 25.5 Å². The highest BCUT2D eigenvalue weighted by atomic mass is 16.6. The highest BCUT2D eigenvalue weighted by Gasteiger charge is 2.13. The number of methoxy groups -OCH3 is 1. The zero-order valence-corrected chi connectivity index (χ0v) is 22.2. The lowest BCUT2D eigenvalue weighted by Gasteiger charge is -2.10. The van der Waals surface area contributed by atoms with Crippen LogP contribution in [0.15, 0.2) is 71.8 Å². The molecule has 0 fully saturated rings. The molecule has 3 rings (SSSR count). The second-order valence-electron chi connectivity index (χ2n) is 8.83. The Kier molecular flexibility index (Phi) is 10.7. The van der Waals surface area contributed by atoms with E-state index in [1.807, 2.05) is 24.3 Å². The molecule has 0 atom stereocenters. The van der Waals surface area contributed by atoms with E-state index in [0.717, 1.165) is 12.8 Å². The Bertz CT molecular complexity index is 1220. The van der Waals surface area contributed by atoms with Gasteiger partial charge in [0.25, 0.3) is 5.91 Å². The van der Waals surface area contributed by atoms with E-state index in [1.165, 1.54) is 18.9 Å². The summed E-state index contributed by atoms with van der Waals surface area (Å²) in [6.07, 6.45) is 3.48. The van der Waals surface area contributed by atoms with E-state index < -0.39 is 11.9 Å². The Morgan fingerprint density at radius 3 is 2.26 bits per heavy atom. The van der Waals surface area contributed by atoms with E-state index in [0.29, 0.717) is 40.9 Å². The molecule has 8 heteroatoms. The third kappa shape index (κ3) is 8.65. The van der Waals surface area contributed by atoms with Gasteiger partial charge in [-0.1, -0.05) is 39.3 Å². The summed E-state index contributed by atoms with van der Waals surface area (Å²) in [7, 11) is 1.48. The van der Waals surface area contributed by atoms with E-state index in [2.05, 4.69) is 31.3 Å². The molecular formula is C30H34N2O6. The molecular weight excluding hydrogens is 484 g/mol. The monoisotopic (exact) mass is 518 g/mol. The van der Waals surface area contributed by atoms with E-state index in [9.17, 15) is 9.59 Å². The summed E-state index contributed by atoms with van der Waals surface area (Å²) in [5.41, 5.74) is 4.65. The molecule has 1 N–H and O–H groups in total. The Morgan fingerprint density at radius 1 is 0.921 bits per heavy atom. The van der Waals surface area contributed by atoms with Crippen LogP contribution in [-0.2, 0) is 4.79 Å². The molecule has 3 aromatic rings. The van der Waals surface area contributed by atoms with Crippen LogP contribution >= 0.6 is 0 Å². The van der Waals surface area contributed by atoms with Crippen LogP contribution in [0.4, 0.5) is 0 Å². The highest BCUT2D eigenvalue weighted by molar-refractivity contribution is 5.92. The fraction of sp³-hybridized carbons (Fsp3) is 0.300. The van der Waals surface area contributed by atoms with Crippen molar-refractivity contribution in [3.05, 3.63) is 83.4 Å². The van der Waals surface area contributed by atoms with Crippen molar-refractivity contribution in [1.82, 2.24) is 5.43 Å². The summed E-state index contributed by atoms with van der Waals surface area (Å²) in [6.45, 7) is 6.79. The van der Waals surface area contributed by atoms with E-state index in [-0.39, 0.29) is 12.4 Å². The first-order valence-corrected chi connectivity index (χ1v) is 12.6. The van der Waals surface area contributed by atoms with Crippen LogP contribution in [0, 0.1) is 0 Å². The van der Waals surface area contributed by atoms with Gasteiger partial charge < -0.3 is 18.9 Å². The number of amides is 1. The standard InChI is InChI=1S/C30H34N2O6/c1-5-6-17-36-25-14-10-24(11-15-25)30(34)38-27-16-7-22(18-28(27)35-4)19-31-32-29(33)20-37-26-12-8-23(9-13-26)21(2)3/h7-16,18-19,21H,5-6,17,20H2,1-4H3,(H,32,33)/b31-19-. The average molecular weight is 519 g/mol. The summed E-state index contributed by atoms with van der Waals surface area (Å²) in [5.74, 6) is 1.44. The number of nitrogens with zero attached hydrogens (tertiary/aromatic N) is 1. The molecule has 0 aliphatic heterocycles. The zero-order valence-electron chi connectivity index (χ0n) is 22.2. The van der Waals surface area contributed by atoms with Crippen LogP contribution in [0.3, 0.4) is 0 Å². The summed E-state index contributed by atoms with van der Waals surface area (Å²) >= 11 is 0. The Morgan fingerprint density at radius 2 is 1.61 bits per heavy atom. The second kappa shape index (κ2) is 14.4. The van der Waals surface area contributed by atoms with Crippen LogP contribution in [0.2, 0.25) is 0 Å². The van der Waals surface area contributed by atoms with E-state index in [4.69, 9.17) is 18.9 Å². The fourth-order valence-corrected chi connectivity index (χ4v) is 3.34. The molecule has 0 saturated heterocycles. The summed E-state index contributed by atoms with van der Waals surface area (Å²) in [6, 6.07) is 19.4. The number of carbonyl (C=O) groups excluding carboxylic acids is 2. The van der Waals surface area contributed by atoms with Crippen LogP contribution in [0.25, 0.3) is 0 Å². The highest BCUT2D eigenvalue weighted by Crippen LogP contribution is 2.28. The Balaban J connectivity index is 1.51. The van der Waals surface area contributed by atoms with Crippen molar-refractivity contribution in [1.29, 1.82) is 0 Å². The van der Waals surface area contributed by atoms with Gasteiger partial charge in [-0.25, -0.2) is 10.2 Å². The molecule has 0 aliphatic rings. The molecule has 0 saturated carbocycles. The number of rotatable bonds is 13. The van der Waals surface area contributed by atoms with Gasteiger partial charge in [-0.3, -0.25) is 4.79 Å². The maximum atomic E-state index is 12.6. The zero-order chi connectivity index (χ0) is 27.3. The minimum Gasteiger partial charge on any atom is -0.494 e. The van der Waals surface area contributed by atoms with Crippen molar-refractivity contribution in [2.45, 2.75) is 39.5 Å². The molecule has 0 spiro atoms. The molecule has 1 amide bonds. The normalized spacial score (nSPS) is 10.9. The first-order chi connectivity index (χ1) is 18.4. The van der Waals surface area contributed by atoms with Gasteiger partial charge in [-0.2, -0.15) is 5.10 Å². The van der Waals surface area contributed by atoms with Crippen LogP contribution in [-0.4, -0.2) is 38.4 Å². The number of hydrogen-bond donors (Lipinski definition) is 1. The molecule has 0 aromatic heterocycles. The van der Waals surface area contributed by atoms with Gasteiger partial charge in [0.1, 0.15) is 11.5 Å². The van der Waals surface area contributed by atoms with Crippen LogP contribution < -0.4 is 24.4 Å². The van der Waals surface area contributed by atoms with Gasteiger partial charge in [0.15, 0.2) is 18.1 Å². The van der Waals surface area contributed by atoms with Crippen LogP contribution in [0.5, 0.6) is 23.0 Å². The van der Waals surface area contributed by atoms with E-state index in [1.54, 1.807) is 42.5 Å². The largest absolute Gasteiger partial charge is 0.494 e. The molecule has 200 valence electrons. The lowest BCUT2D eigenvalue weighted by atomic mass is 10.0. The summed E-state index contributed by atoms with van der Waals surface area (Å²) in [5, 5.41) is 3.96. The van der Waals surface area contributed by atoms with Crippen molar-refractivity contribution < 1.29 is 28.5 Å². The van der Waals surface area contributed by atoms with Crippen molar-refractivity contribution in [3.8, 4) is 23.0 Å². The molecule has 0 heterocycles. The summed E-state index contributed by atoms with van der Waals surface area (Å²) < 4.78 is 22.0. The van der Waals surface area contributed by atoms with Crippen LogP contribution in [0.1, 0.15) is 61.0 Å².